The molecule has 120 valence electrons. The summed E-state index contributed by atoms with van der Waals surface area (Å²) in [6.07, 6.45) is 1.35. The smallest absolute Gasteiger partial charge is 0.244 e. The minimum Gasteiger partial charge on any atom is -0.244 e. The first-order valence-corrected chi connectivity index (χ1v) is 7.26. The van der Waals surface area contributed by atoms with Crippen LogP contribution < -0.4 is 0 Å². The Morgan fingerprint density at radius 2 is 1.84 bits per heavy atom. The minimum absolute atomic E-state index is 0.0730. The molecule has 4 rings (SSSR count). The van der Waals surface area contributed by atoms with Crippen LogP contribution in [0.4, 0.5) is 13.6 Å². The first kappa shape index (κ1) is 14.9. The van der Waals surface area contributed by atoms with E-state index >= 15 is 0 Å². The van der Waals surface area contributed by atoms with Crippen LogP contribution in [0, 0.1) is 23.0 Å². The molecule has 0 unspecified atom stereocenters. The van der Waals surface area contributed by atoms with E-state index in [4.69, 9.17) is 5.26 Å². The molecule has 1 amide bonds. The maximum absolute atomic E-state index is 14.3. The van der Waals surface area contributed by atoms with Crippen LogP contribution in [0.1, 0.15) is 11.3 Å². The van der Waals surface area contributed by atoms with E-state index < -0.39 is 17.7 Å². The Kier molecular flexibility index (Phi) is 3.25. The number of aromatic nitrogens is 2. The molecule has 1 aliphatic heterocycles. The zero-order valence-electron chi connectivity index (χ0n) is 12.6. The molecule has 0 fully saturated rings. The number of rotatable bonds is 2. The fraction of sp³-hybridized carbons (Fsp3) is 0. The monoisotopic (exact) mass is 334 g/mol. The van der Waals surface area contributed by atoms with Gasteiger partial charge in [-0.25, -0.2) is 13.6 Å². The Balaban J connectivity index is 1.99. The number of nitrogens with zero attached hydrogens (tertiary/aromatic N) is 4. The van der Waals surface area contributed by atoms with Gasteiger partial charge in [-0.3, -0.25) is 0 Å². The molecule has 0 atom stereocenters. The van der Waals surface area contributed by atoms with Crippen molar-refractivity contribution < 1.29 is 13.6 Å². The molecule has 0 radical (unpaired) electrons. The highest BCUT2D eigenvalue weighted by Gasteiger charge is 2.27. The van der Waals surface area contributed by atoms with Gasteiger partial charge in [0.2, 0.25) is 0 Å². The molecule has 2 heterocycles. The highest BCUT2D eigenvalue weighted by atomic mass is 19.1. The third kappa shape index (κ3) is 2.32. The lowest BCUT2D eigenvalue weighted by Crippen LogP contribution is -2.05. The predicted molar refractivity (Wildman–Crippen MR) is 86.1 cm³/mol. The molecule has 0 N–H and O–H groups in total. The summed E-state index contributed by atoms with van der Waals surface area (Å²) in [6.45, 7) is 0. The fourth-order valence-electron chi connectivity index (χ4n) is 2.73. The number of nitriles is 1. The number of halogens is 2. The van der Waals surface area contributed by atoms with E-state index in [-0.39, 0.29) is 11.3 Å². The highest BCUT2D eigenvalue weighted by Crippen LogP contribution is 2.36. The van der Waals surface area contributed by atoms with Gasteiger partial charge in [0.25, 0.3) is 0 Å². The second kappa shape index (κ2) is 5.46. The minimum atomic E-state index is -0.781. The fourth-order valence-corrected chi connectivity index (χ4v) is 2.73. The van der Waals surface area contributed by atoms with E-state index in [1.165, 1.54) is 12.3 Å². The van der Waals surface area contributed by atoms with Gasteiger partial charge >= 0.3 is 6.03 Å². The normalized spacial score (nSPS) is 12.3. The SMILES string of the molecule is N#Cc1ccc(-c2c(-c3ccc(F)cc3F)nn3c2C=NC3=O)cc1. The Morgan fingerprint density at radius 1 is 1.08 bits per heavy atom. The molecule has 1 aliphatic rings. The summed E-state index contributed by atoms with van der Waals surface area (Å²) in [5.41, 5.74) is 2.28. The lowest BCUT2D eigenvalue weighted by molar-refractivity contribution is 0.249. The third-order valence-corrected chi connectivity index (χ3v) is 3.89. The van der Waals surface area contributed by atoms with Crippen molar-refractivity contribution in [2.75, 3.05) is 0 Å². The maximum Gasteiger partial charge on any atom is 0.368 e. The number of benzene rings is 2. The van der Waals surface area contributed by atoms with Crippen LogP contribution in [-0.4, -0.2) is 22.0 Å². The summed E-state index contributed by atoms with van der Waals surface area (Å²) >= 11 is 0. The van der Waals surface area contributed by atoms with Gasteiger partial charge in [0.1, 0.15) is 17.3 Å². The quantitative estimate of drug-likeness (QED) is 0.716. The summed E-state index contributed by atoms with van der Waals surface area (Å²) in [5.74, 6) is -1.48. The number of carbonyl (C=O) groups excluding carboxylic acids is 1. The van der Waals surface area contributed by atoms with Crippen LogP contribution in [-0.2, 0) is 0 Å². The molecule has 0 spiro atoms. The Bertz CT molecular complexity index is 1090. The van der Waals surface area contributed by atoms with E-state index in [1.54, 1.807) is 24.3 Å². The van der Waals surface area contributed by atoms with Gasteiger partial charge in [-0.1, -0.05) is 12.1 Å². The second-order valence-corrected chi connectivity index (χ2v) is 5.37. The van der Waals surface area contributed by atoms with Crippen LogP contribution in [0.3, 0.4) is 0 Å². The summed E-state index contributed by atoms with van der Waals surface area (Å²) in [5, 5.41) is 13.1. The summed E-state index contributed by atoms with van der Waals surface area (Å²) in [6, 6.07) is 11.2. The van der Waals surface area contributed by atoms with E-state index in [0.717, 1.165) is 16.8 Å². The van der Waals surface area contributed by atoms with E-state index in [9.17, 15) is 13.6 Å². The standard InChI is InChI=1S/C18H8F2N4O/c19-12-5-6-13(14(20)7-12)17-16(11-3-1-10(8-21)2-4-11)15-9-22-18(25)24(15)23-17/h1-7,9H. The van der Waals surface area contributed by atoms with Crippen LogP contribution in [0.15, 0.2) is 47.5 Å². The molecular formula is C18H8F2N4O. The van der Waals surface area contributed by atoms with E-state index in [0.29, 0.717) is 22.4 Å². The highest BCUT2D eigenvalue weighted by molar-refractivity contribution is 6.06. The number of amides is 1. The van der Waals surface area contributed by atoms with Crippen molar-refractivity contribution in [1.29, 1.82) is 5.26 Å². The Labute approximate surface area is 140 Å². The summed E-state index contributed by atoms with van der Waals surface area (Å²) < 4.78 is 28.6. The molecule has 7 heteroatoms. The molecule has 5 nitrogen and oxygen atoms in total. The van der Waals surface area contributed by atoms with Gasteiger partial charge in [-0.05, 0) is 29.8 Å². The number of aliphatic imine (C=N–C) groups is 1. The van der Waals surface area contributed by atoms with Gasteiger partial charge in [0, 0.05) is 17.2 Å². The number of hydrogen-bond donors (Lipinski definition) is 0. The topological polar surface area (TPSA) is 71.0 Å². The van der Waals surface area contributed by atoms with Gasteiger partial charge in [-0.2, -0.15) is 20.0 Å². The van der Waals surface area contributed by atoms with Crippen molar-refractivity contribution in [3.8, 4) is 28.5 Å². The molecule has 0 bridgehead atoms. The maximum atomic E-state index is 14.3. The van der Waals surface area contributed by atoms with Crippen LogP contribution in [0.5, 0.6) is 0 Å². The average molecular weight is 334 g/mol. The molecule has 0 saturated carbocycles. The first-order valence-electron chi connectivity index (χ1n) is 7.26. The summed E-state index contributed by atoms with van der Waals surface area (Å²) in [4.78, 5) is 15.5. The zero-order chi connectivity index (χ0) is 17.6. The number of carbonyl (C=O) groups is 1. The van der Waals surface area contributed by atoms with Crippen LogP contribution in [0.25, 0.3) is 22.4 Å². The van der Waals surface area contributed by atoms with Gasteiger partial charge < -0.3 is 0 Å². The van der Waals surface area contributed by atoms with Crippen LogP contribution in [0.2, 0.25) is 0 Å². The second-order valence-electron chi connectivity index (χ2n) is 5.37. The van der Waals surface area contributed by atoms with E-state index in [1.807, 2.05) is 6.07 Å². The van der Waals surface area contributed by atoms with Crippen molar-refractivity contribution in [3.63, 3.8) is 0 Å². The first-order chi connectivity index (χ1) is 12.1. The van der Waals surface area contributed by atoms with Crippen molar-refractivity contribution in [3.05, 3.63) is 65.4 Å². The molecule has 0 aliphatic carbocycles. The number of hydrogen-bond acceptors (Lipinski definition) is 3. The van der Waals surface area contributed by atoms with Crippen molar-refractivity contribution in [2.24, 2.45) is 4.99 Å². The largest absolute Gasteiger partial charge is 0.368 e. The van der Waals surface area contributed by atoms with Crippen LogP contribution >= 0.6 is 0 Å². The molecule has 3 aromatic rings. The van der Waals surface area contributed by atoms with Crippen molar-refractivity contribution >= 4 is 12.2 Å². The zero-order valence-corrected chi connectivity index (χ0v) is 12.6. The molecular weight excluding hydrogens is 326 g/mol. The van der Waals surface area contributed by atoms with E-state index in [2.05, 4.69) is 10.1 Å². The van der Waals surface area contributed by atoms with Crippen molar-refractivity contribution in [1.82, 2.24) is 9.78 Å². The molecule has 0 saturated heterocycles. The number of fused-ring (bicyclic) bond motifs is 1. The third-order valence-electron chi connectivity index (χ3n) is 3.89. The van der Waals surface area contributed by atoms with Gasteiger partial charge in [0.05, 0.1) is 23.5 Å². The lowest BCUT2D eigenvalue weighted by Gasteiger charge is -2.06. The molecule has 25 heavy (non-hydrogen) atoms. The molecule has 1 aromatic heterocycles. The summed E-state index contributed by atoms with van der Waals surface area (Å²) in [7, 11) is 0. The van der Waals surface area contributed by atoms with Gasteiger partial charge in [0.15, 0.2) is 0 Å². The average Bonchev–Trinajstić information content (AvgIpc) is 3.15. The van der Waals surface area contributed by atoms with Gasteiger partial charge in [-0.15, -0.1) is 0 Å². The lowest BCUT2D eigenvalue weighted by atomic mass is 9.98. The Hall–Kier alpha value is -3.66. The predicted octanol–water partition coefficient (Wildman–Crippen LogP) is 3.77. The molecule has 2 aromatic carbocycles. The van der Waals surface area contributed by atoms with Crippen molar-refractivity contribution in [2.45, 2.75) is 0 Å². The Morgan fingerprint density at radius 3 is 2.52 bits per heavy atom.